The highest BCUT2D eigenvalue weighted by atomic mass is 19.1. The molecule has 0 fully saturated rings. The summed E-state index contributed by atoms with van der Waals surface area (Å²) in [4.78, 5) is 3.80. The van der Waals surface area contributed by atoms with Crippen molar-refractivity contribution in [2.45, 2.75) is 0 Å². The minimum atomic E-state index is -0.322. The van der Waals surface area contributed by atoms with Crippen molar-refractivity contribution >= 4 is 6.08 Å². The molecular weight excluding hydrogens is 143 g/mol. The third-order valence-corrected chi connectivity index (χ3v) is 1.20. The van der Waals surface area contributed by atoms with E-state index in [0.717, 1.165) is 0 Å². The molecule has 11 heavy (non-hydrogen) atoms. The van der Waals surface area contributed by atoms with E-state index in [1.54, 1.807) is 24.4 Å². The molecule has 1 heterocycles. The second-order valence-corrected chi connectivity index (χ2v) is 2.01. The van der Waals surface area contributed by atoms with Gasteiger partial charge in [0.25, 0.3) is 0 Å². The molecule has 58 valence electrons. The average Bonchev–Trinajstić information content (AvgIpc) is 2.03. The Labute approximate surface area is 64.6 Å². The van der Waals surface area contributed by atoms with E-state index in [9.17, 15) is 4.39 Å². The summed E-state index contributed by atoms with van der Waals surface area (Å²) in [6.07, 6.45) is 4.76. The lowest BCUT2D eigenvalue weighted by Gasteiger charge is -1.92. The quantitative estimate of drug-likeness (QED) is 0.691. The number of aromatic nitrogens is 1. The van der Waals surface area contributed by atoms with Gasteiger partial charge in [0.2, 0.25) is 0 Å². The Morgan fingerprint density at radius 2 is 2.45 bits per heavy atom. The Kier molecular flexibility index (Phi) is 2.74. The maximum absolute atomic E-state index is 12.8. The monoisotopic (exact) mass is 152 g/mol. The highest BCUT2D eigenvalue weighted by molar-refractivity contribution is 5.44. The second kappa shape index (κ2) is 3.83. The van der Waals surface area contributed by atoms with Gasteiger partial charge in [-0.25, -0.2) is 4.39 Å². The van der Waals surface area contributed by atoms with Crippen LogP contribution in [0.15, 0.2) is 24.4 Å². The lowest BCUT2D eigenvalue weighted by Crippen LogP contribution is -1.93. The molecule has 0 aliphatic carbocycles. The number of halogens is 1. The average molecular weight is 152 g/mol. The van der Waals surface area contributed by atoms with Crippen LogP contribution in [0, 0.1) is 5.82 Å². The van der Waals surface area contributed by atoms with Gasteiger partial charge in [-0.05, 0) is 18.2 Å². The maximum atomic E-state index is 12.8. The van der Waals surface area contributed by atoms with E-state index >= 15 is 0 Å². The molecule has 1 rings (SSSR count). The maximum Gasteiger partial charge on any atom is 0.148 e. The van der Waals surface area contributed by atoms with Crippen LogP contribution in [0.3, 0.4) is 0 Å². The van der Waals surface area contributed by atoms with Crippen LogP contribution in [-0.2, 0) is 0 Å². The smallest absolute Gasteiger partial charge is 0.148 e. The Morgan fingerprint density at radius 3 is 3.09 bits per heavy atom. The van der Waals surface area contributed by atoms with Crippen LogP contribution in [-0.4, -0.2) is 11.5 Å². The van der Waals surface area contributed by atoms with Crippen LogP contribution in [0.5, 0.6) is 0 Å². The summed E-state index contributed by atoms with van der Waals surface area (Å²) >= 11 is 0. The third-order valence-electron chi connectivity index (χ3n) is 1.20. The second-order valence-electron chi connectivity index (χ2n) is 2.01. The lowest BCUT2D eigenvalue weighted by atomic mass is 10.3. The van der Waals surface area contributed by atoms with Crippen LogP contribution in [0.1, 0.15) is 5.69 Å². The van der Waals surface area contributed by atoms with Crippen molar-refractivity contribution in [3.05, 3.63) is 35.9 Å². The Morgan fingerprint density at radius 1 is 1.64 bits per heavy atom. The summed E-state index contributed by atoms with van der Waals surface area (Å²) in [6, 6.07) is 2.91. The zero-order valence-electron chi connectivity index (χ0n) is 6.00. The van der Waals surface area contributed by atoms with Crippen LogP contribution in [0.4, 0.5) is 4.39 Å². The first kappa shape index (κ1) is 7.88. The summed E-state index contributed by atoms with van der Waals surface area (Å²) in [7, 11) is 0. The SMILES string of the molecule is NCC=Cc1ncccc1F. The van der Waals surface area contributed by atoms with E-state index in [1.807, 2.05) is 0 Å². The van der Waals surface area contributed by atoms with E-state index in [0.29, 0.717) is 12.2 Å². The van der Waals surface area contributed by atoms with Gasteiger partial charge in [0.1, 0.15) is 5.82 Å². The topological polar surface area (TPSA) is 38.9 Å². The van der Waals surface area contributed by atoms with Crippen molar-refractivity contribution in [1.82, 2.24) is 4.98 Å². The van der Waals surface area contributed by atoms with Gasteiger partial charge in [0.05, 0.1) is 5.69 Å². The van der Waals surface area contributed by atoms with Gasteiger partial charge in [0, 0.05) is 12.7 Å². The summed E-state index contributed by atoms with van der Waals surface area (Å²) in [6.45, 7) is 0.399. The number of pyridine rings is 1. The highest BCUT2D eigenvalue weighted by Gasteiger charge is 1.94. The van der Waals surface area contributed by atoms with Crippen molar-refractivity contribution in [2.24, 2.45) is 5.73 Å². The molecule has 0 atom stereocenters. The summed E-state index contributed by atoms with van der Waals surface area (Å²) < 4.78 is 12.8. The fourth-order valence-corrected chi connectivity index (χ4v) is 0.700. The molecular formula is C8H9FN2. The predicted molar refractivity (Wildman–Crippen MR) is 42.3 cm³/mol. The Bertz CT molecular complexity index is 258. The van der Waals surface area contributed by atoms with Crippen LogP contribution < -0.4 is 5.73 Å². The molecule has 3 heteroatoms. The molecule has 2 N–H and O–H groups in total. The molecule has 0 saturated carbocycles. The standard InChI is InChI=1S/C8H9FN2/c9-7-3-2-6-11-8(7)4-1-5-10/h1-4,6H,5,10H2. The number of hydrogen-bond acceptors (Lipinski definition) is 2. The molecule has 2 nitrogen and oxygen atoms in total. The minimum absolute atomic E-state index is 0.322. The molecule has 0 amide bonds. The first-order chi connectivity index (χ1) is 5.34. The molecule has 1 aromatic heterocycles. The van der Waals surface area contributed by atoms with E-state index in [2.05, 4.69) is 4.98 Å². The number of nitrogens with two attached hydrogens (primary N) is 1. The van der Waals surface area contributed by atoms with Crippen molar-refractivity contribution in [3.8, 4) is 0 Å². The van der Waals surface area contributed by atoms with E-state index in [-0.39, 0.29) is 5.82 Å². The number of hydrogen-bond donors (Lipinski definition) is 1. The lowest BCUT2D eigenvalue weighted by molar-refractivity contribution is 0.618. The summed E-state index contributed by atoms with van der Waals surface area (Å²) in [5.41, 5.74) is 5.52. The number of nitrogens with zero attached hydrogens (tertiary/aromatic N) is 1. The molecule has 0 aliphatic rings. The Balaban J connectivity index is 2.86. The molecule has 0 saturated heterocycles. The van der Waals surface area contributed by atoms with Crippen molar-refractivity contribution in [3.63, 3.8) is 0 Å². The van der Waals surface area contributed by atoms with Gasteiger partial charge in [-0.2, -0.15) is 0 Å². The van der Waals surface area contributed by atoms with Gasteiger partial charge in [-0.1, -0.05) is 6.08 Å². The van der Waals surface area contributed by atoms with E-state index < -0.39 is 0 Å². The van der Waals surface area contributed by atoms with Gasteiger partial charge in [0.15, 0.2) is 0 Å². The van der Waals surface area contributed by atoms with Crippen LogP contribution >= 0.6 is 0 Å². The molecule has 0 radical (unpaired) electrons. The number of rotatable bonds is 2. The van der Waals surface area contributed by atoms with Crippen LogP contribution in [0.2, 0.25) is 0 Å². The van der Waals surface area contributed by atoms with Gasteiger partial charge < -0.3 is 5.73 Å². The van der Waals surface area contributed by atoms with Gasteiger partial charge in [-0.15, -0.1) is 0 Å². The fraction of sp³-hybridized carbons (Fsp3) is 0.125. The first-order valence-electron chi connectivity index (χ1n) is 3.31. The third kappa shape index (κ3) is 2.13. The fourth-order valence-electron chi connectivity index (χ4n) is 0.700. The van der Waals surface area contributed by atoms with Gasteiger partial charge in [-0.3, -0.25) is 4.98 Å². The largest absolute Gasteiger partial charge is 0.327 e. The molecule has 1 aromatic rings. The van der Waals surface area contributed by atoms with Crippen molar-refractivity contribution in [1.29, 1.82) is 0 Å². The summed E-state index contributed by atoms with van der Waals surface area (Å²) in [5.74, 6) is -0.322. The first-order valence-corrected chi connectivity index (χ1v) is 3.31. The summed E-state index contributed by atoms with van der Waals surface area (Å²) in [5, 5.41) is 0. The normalized spacial score (nSPS) is 10.7. The van der Waals surface area contributed by atoms with Gasteiger partial charge >= 0.3 is 0 Å². The molecule has 0 bridgehead atoms. The van der Waals surface area contributed by atoms with Crippen LogP contribution in [0.25, 0.3) is 6.08 Å². The highest BCUT2D eigenvalue weighted by Crippen LogP contribution is 2.03. The van der Waals surface area contributed by atoms with E-state index in [4.69, 9.17) is 5.73 Å². The van der Waals surface area contributed by atoms with E-state index in [1.165, 1.54) is 6.07 Å². The Hall–Kier alpha value is -1.22. The molecule has 0 aliphatic heterocycles. The predicted octanol–water partition coefficient (Wildman–Crippen LogP) is 1.19. The molecule has 0 unspecified atom stereocenters. The zero-order chi connectivity index (χ0) is 8.10. The molecule has 0 spiro atoms. The van der Waals surface area contributed by atoms with Crippen molar-refractivity contribution < 1.29 is 4.39 Å². The zero-order valence-corrected chi connectivity index (χ0v) is 6.00. The van der Waals surface area contributed by atoms with Crippen molar-refractivity contribution in [2.75, 3.05) is 6.54 Å². The minimum Gasteiger partial charge on any atom is -0.327 e. The molecule has 0 aromatic carbocycles.